The Morgan fingerprint density at radius 3 is 2.50 bits per heavy atom. The van der Waals surface area contributed by atoms with Crippen LogP contribution in [0.15, 0.2) is 53.7 Å². The molecule has 13 heteroatoms. The third-order valence-corrected chi connectivity index (χ3v) is 7.24. The maximum Gasteiger partial charge on any atom is 0.404 e. The number of alkyl halides is 3. The number of hydrogen-bond acceptors (Lipinski definition) is 5. The van der Waals surface area contributed by atoms with E-state index in [1.165, 1.54) is 29.0 Å². The van der Waals surface area contributed by atoms with Crippen LogP contribution in [0.3, 0.4) is 0 Å². The molecule has 3 aromatic heterocycles. The van der Waals surface area contributed by atoms with Crippen molar-refractivity contribution in [3.8, 4) is 23.3 Å². The lowest BCUT2D eigenvalue weighted by Gasteiger charge is -2.17. The summed E-state index contributed by atoms with van der Waals surface area (Å²) in [6.45, 7) is 2.22. The van der Waals surface area contributed by atoms with Gasteiger partial charge in [-0.15, -0.1) is 0 Å². The number of nitrogens with one attached hydrogen (secondary N) is 1. The molecule has 0 radical (unpaired) electrons. The molecule has 36 heavy (non-hydrogen) atoms. The fraction of sp³-hybridized carbons (Fsp3) is 0.174. The van der Waals surface area contributed by atoms with Gasteiger partial charge in [0.2, 0.25) is 10.0 Å². The van der Waals surface area contributed by atoms with Crippen molar-refractivity contribution in [2.75, 3.05) is 0 Å². The smallest absolute Gasteiger partial charge is 0.290 e. The minimum absolute atomic E-state index is 0.0255. The standard InChI is InChI=1S/C23H16ClF4N5O2S/c1-12-8-20-15(9-18(12)25)16(10-29)21(33(20)22-17(24)4-3-7-30-22)19-6-5-14(11-31-19)36(34,35)32-13(2)23(26,27)28/h3-9,11,13,32H,1-2H3/t13-/m0/s1. The number of pyridine rings is 2. The van der Waals surface area contributed by atoms with Crippen LogP contribution in [0.5, 0.6) is 0 Å². The SMILES string of the molecule is Cc1cc2c(cc1F)c(C#N)c(-c1ccc(S(=O)(=O)N[C@@H](C)C(F)(F)F)cn1)n2-c1ncccc1Cl. The Hall–Kier alpha value is -3.53. The van der Waals surface area contributed by atoms with Crippen LogP contribution in [-0.4, -0.2) is 35.2 Å². The zero-order valence-corrected chi connectivity index (χ0v) is 20.2. The predicted octanol–water partition coefficient (Wildman–Crippen LogP) is 5.29. The maximum atomic E-state index is 14.4. The van der Waals surface area contributed by atoms with Crippen molar-refractivity contribution in [1.82, 2.24) is 19.3 Å². The van der Waals surface area contributed by atoms with Gasteiger partial charge in [-0.05, 0) is 55.8 Å². The topological polar surface area (TPSA) is 101 Å². The first kappa shape index (κ1) is 25.6. The Morgan fingerprint density at radius 2 is 1.92 bits per heavy atom. The minimum atomic E-state index is -4.78. The minimum Gasteiger partial charge on any atom is -0.290 e. The van der Waals surface area contributed by atoms with Gasteiger partial charge < -0.3 is 0 Å². The molecule has 0 unspecified atom stereocenters. The molecule has 4 rings (SSSR count). The van der Waals surface area contributed by atoms with Crippen LogP contribution in [0.2, 0.25) is 5.02 Å². The van der Waals surface area contributed by atoms with Gasteiger partial charge in [-0.1, -0.05) is 11.6 Å². The van der Waals surface area contributed by atoms with Gasteiger partial charge in [0.25, 0.3) is 0 Å². The van der Waals surface area contributed by atoms with E-state index in [2.05, 4.69) is 9.97 Å². The summed E-state index contributed by atoms with van der Waals surface area (Å²) in [7, 11) is -4.55. The summed E-state index contributed by atoms with van der Waals surface area (Å²) >= 11 is 6.37. The first-order valence-electron chi connectivity index (χ1n) is 10.3. The van der Waals surface area contributed by atoms with Crippen LogP contribution in [-0.2, 0) is 10.0 Å². The number of halogens is 5. The third-order valence-electron chi connectivity index (χ3n) is 5.42. The average Bonchev–Trinajstić information content (AvgIpc) is 3.11. The highest BCUT2D eigenvalue weighted by molar-refractivity contribution is 7.89. The molecule has 1 aromatic carbocycles. The van der Waals surface area contributed by atoms with E-state index in [4.69, 9.17) is 11.6 Å². The van der Waals surface area contributed by atoms with Gasteiger partial charge >= 0.3 is 6.18 Å². The number of benzene rings is 1. The first-order valence-corrected chi connectivity index (χ1v) is 12.1. The molecule has 0 saturated carbocycles. The van der Waals surface area contributed by atoms with Crippen LogP contribution in [0.25, 0.3) is 28.1 Å². The summed E-state index contributed by atoms with van der Waals surface area (Å²) in [5.74, 6) is -0.333. The van der Waals surface area contributed by atoms with Gasteiger partial charge in [0.05, 0.1) is 27.5 Å². The van der Waals surface area contributed by atoms with Crippen molar-refractivity contribution in [1.29, 1.82) is 5.26 Å². The number of sulfonamides is 1. The highest BCUT2D eigenvalue weighted by Gasteiger charge is 2.39. The van der Waals surface area contributed by atoms with E-state index in [0.717, 1.165) is 12.3 Å². The Labute approximate surface area is 208 Å². The van der Waals surface area contributed by atoms with Crippen LogP contribution in [0.4, 0.5) is 17.6 Å². The van der Waals surface area contributed by atoms with Crippen molar-refractivity contribution in [2.45, 2.75) is 31.0 Å². The summed E-state index contributed by atoms with van der Waals surface area (Å²) in [4.78, 5) is 7.88. The monoisotopic (exact) mass is 537 g/mol. The molecule has 1 atom stereocenters. The van der Waals surface area contributed by atoms with Crippen LogP contribution < -0.4 is 4.72 Å². The Kier molecular flexibility index (Phi) is 6.51. The Morgan fingerprint density at radius 1 is 1.19 bits per heavy atom. The van der Waals surface area contributed by atoms with Gasteiger partial charge in [0, 0.05) is 17.8 Å². The molecule has 0 aliphatic carbocycles. The van der Waals surface area contributed by atoms with Crippen LogP contribution >= 0.6 is 11.6 Å². The number of fused-ring (bicyclic) bond motifs is 1. The van der Waals surface area contributed by atoms with Gasteiger partial charge in [0.15, 0.2) is 5.82 Å². The Balaban J connectivity index is 1.93. The highest BCUT2D eigenvalue weighted by Crippen LogP contribution is 2.37. The molecule has 0 aliphatic rings. The van der Waals surface area contributed by atoms with E-state index in [-0.39, 0.29) is 33.2 Å². The molecular formula is C23H16ClF4N5O2S. The quantitative estimate of drug-likeness (QED) is 0.349. The fourth-order valence-corrected chi connectivity index (χ4v) is 4.96. The van der Waals surface area contributed by atoms with Crippen molar-refractivity contribution < 1.29 is 26.0 Å². The van der Waals surface area contributed by atoms with Gasteiger partial charge in [-0.2, -0.15) is 23.2 Å². The lowest BCUT2D eigenvalue weighted by atomic mass is 10.1. The number of rotatable bonds is 5. The van der Waals surface area contributed by atoms with E-state index in [1.54, 1.807) is 23.8 Å². The van der Waals surface area contributed by atoms with Crippen molar-refractivity contribution in [3.63, 3.8) is 0 Å². The van der Waals surface area contributed by atoms with E-state index >= 15 is 0 Å². The second kappa shape index (κ2) is 9.16. The van der Waals surface area contributed by atoms with Gasteiger partial charge in [-0.3, -0.25) is 9.55 Å². The van der Waals surface area contributed by atoms with E-state index in [1.807, 2.05) is 6.07 Å². The summed E-state index contributed by atoms with van der Waals surface area (Å²) in [6, 6.07) is 7.88. The van der Waals surface area contributed by atoms with E-state index in [0.29, 0.717) is 18.0 Å². The largest absolute Gasteiger partial charge is 0.404 e. The molecule has 0 bridgehead atoms. The summed E-state index contributed by atoms with van der Waals surface area (Å²) in [6.07, 6.45) is -2.44. The molecule has 0 amide bonds. The van der Waals surface area contributed by atoms with Gasteiger partial charge in [-0.25, -0.2) is 17.8 Å². The molecule has 3 heterocycles. The summed E-state index contributed by atoms with van der Waals surface area (Å²) < 4.78 is 80.9. The average molecular weight is 538 g/mol. The fourth-order valence-electron chi connectivity index (χ4n) is 3.58. The molecule has 0 fully saturated rings. The zero-order chi connectivity index (χ0) is 26.4. The van der Waals surface area contributed by atoms with Crippen molar-refractivity contribution in [2.24, 2.45) is 0 Å². The Bertz CT molecular complexity index is 1630. The number of aromatic nitrogens is 3. The second-order valence-electron chi connectivity index (χ2n) is 7.86. The molecule has 7 nitrogen and oxygen atoms in total. The molecular weight excluding hydrogens is 522 g/mol. The first-order chi connectivity index (χ1) is 16.8. The highest BCUT2D eigenvalue weighted by atomic mass is 35.5. The lowest BCUT2D eigenvalue weighted by Crippen LogP contribution is -2.42. The number of nitriles is 1. The normalized spacial score (nSPS) is 13.1. The van der Waals surface area contributed by atoms with Crippen LogP contribution in [0, 0.1) is 24.1 Å². The molecule has 0 saturated heterocycles. The predicted molar refractivity (Wildman–Crippen MR) is 125 cm³/mol. The maximum absolute atomic E-state index is 14.4. The summed E-state index contributed by atoms with van der Waals surface area (Å²) in [5, 5.41) is 10.4. The molecule has 186 valence electrons. The van der Waals surface area contributed by atoms with Gasteiger partial charge in [0.1, 0.15) is 22.8 Å². The molecule has 0 aliphatic heterocycles. The van der Waals surface area contributed by atoms with Crippen molar-refractivity contribution in [3.05, 3.63) is 70.8 Å². The lowest BCUT2D eigenvalue weighted by molar-refractivity contribution is -0.147. The molecule has 4 aromatic rings. The van der Waals surface area contributed by atoms with E-state index < -0.39 is 33.0 Å². The third kappa shape index (κ3) is 4.53. The number of nitrogens with zero attached hydrogens (tertiary/aromatic N) is 4. The number of aryl methyl sites for hydroxylation is 1. The van der Waals surface area contributed by atoms with Crippen LogP contribution in [0.1, 0.15) is 18.1 Å². The second-order valence-corrected chi connectivity index (χ2v) is 9.98. The van der Waals surface area contributed by atoms with E-state index in [9.17, 15) is 31.2 Å². The molecule has 0 spiro atoms. The zero-order valence-electron chi connectivity index (χ0n) is 18.6. The number of hydrogen-bond donors (Lipinski definition) is 1. The van der Waals surface area contributed by atoms with Crippen molar-refractivity contribution >= 4 is 32.5 Å². The molecule has 1 N–H and O–H groups in total. The summed E-state index contributed by atoms with van der Waals surface area (Å²) in [5.41, 5.74) is 0.963.